The molecule has 0 unspecified atom stereocenters. The molecule has 0 aromatic heterocycles. The average Bonchev–Trinajstić information content (AvgIpc) is 2.15. The molecule has 1 aromatic carbocycles. The van der Waals surface area contributed by atoms with Crippen LogP contribution in [0.1, 0.15) is 19.8 Å². The van der Waals surface area contributed by atoms with Gasteiger partial charge in [-0.25, -0.2) is 17.5 Å². The van der Waals surface area contributed by atoms with Gasteiger partial charge in [-0.3, -0.25) is 0 Å². The normalized spacial score (nSPS) is 25.1. The van der Waals surface area contributed by atoms with Gasteiger partial charge in [-0.15, -0.1) is 0 Å². The van der Waals surface area contributed by atoms with Gasteiger partial charge < -0.3 is 0 Å². The number of sulfonamides is 1. The zero-order valence-electron chi connectivity index (χ0n) is 8.98. The molecule has 1 fully saturated rings. The second-order valence-electron chi connectivity index (χ2n) is 4.33. The minimum absolute atomic E-state index is 0.0420. The van der Waals surface area contributed by atoms with Crippen LogP contribution in [-0.2, 0) is 10.0 Å². The third-order valence-electron chi connectivity index (χ3n) is 2.82. The van der Waals surface area contributed by atoms with E-state index in [2.05, 4.69) is 11.6 Å². The minimum Gasteiger partial charge on any atom is -0.208 e. The topological polar surface area (TPSA) is 46.2 Å². The fourth-order valence-corrected chi connectivity index (χ4v) is 3.28. The number of hydrogen-bond acceptors (Lipinski definition) is 2. The van der Waals surface area contributed by atoms with Crippen molar-refractivity contribution in [2.75, 3.05) is 0 Å². The number of nitrogens with one attached hydrogen (secondary N) is 1. The van der Waals surface area contributed by atoms with Gasteiger partial charge in [0.1, 0.15) is 10.7 Å². The van der Waals surface area contributed by atoms with Crippen LogP contribution in [0.5, 0.6) is 0 Å². The maximum atomic E-state index is 13.3. The summed E-state index contributed by atoms with van der Waals surface area (Å²) in [4.78, 5) is -0.269. The Balaban J connectivity index is 2.16. The summed E-state index contributed by atoms with van der Waals surface area (Å²) >= 11 is 0. The Morgan fingerprint density at radius 3 is 2.50 bits per heavy atom. The summed E-state index contributed by atoms with van der Waals surface area (Å²) in [5, 5.41) is 0. The molecule has 0 heterocycles. The van der Waals surface area contributed by atoms with E-state index in [1.165, 1.54) is 18.2 Å². The zero-order chi connectivity index (χ0) is 11.8. The van der Waals surface area contributed by atoms with E-state index in [9.17, 15) is 12.8 Å². The van der Waals surface area contributed by atoms with E-state index in [1.54, 1.807) is 0 Å². The van der Waals surface area contributed by atoms with Gasteiger partial charge in [-0.2, -0.15) is 0 Å². The predicted molar refractivity (Wildman–Crippen MR) is 58.9 cm³/mol. The SMILES string of the molecule is CC1CC(NS(=O)(=O)c2ccccc2F)C1. The largest absolute Gasteiger partial charge is 0.243 e. The molecule has 1 saturated carbocycles. The van der Waals surface area contributed by atoms with Crippen LogP contribution in [0.4, 0.5) is 4.39 Å². The van der Waals surface area contributed by atoms with E-state index in [0.717, 1.165) is 18.9 Å². The van der Waals surface area contributed by atoms with Crippen LogP contribution in [0.3, 0.4) is 0 Å². The van der Waals surface area contributed by atoms with Crippen molar-refractivity contribution in [3.05, 3.63) is 30.1 Å². The highest BCUT2D eigenvalue weighted by atomic mass is 32.2. The lowest BCUT2D eigenvalue weighted by Crippen LogP contribution is -2.43. The van der Waals surface area contributed by atoms with Crippen molar-refractivity contribution < 1.29 is 12.8 Å². The van der Waals surface area contributed by atoms with E-state index in [4.69, 9.17) is 0 Å². The monoisotopic (exact) mass is 243 g/mol. The lowest BCUT2D eigenvalue weighted by Gasteiger charge is -2.32. The third kappa shape index (κ3) is 2.25. The quantitative estimate of drug-likeness (QED) is 0.881. The fourth-order valence-electron chi connectivity index (χ4n) is 1.94. The van der Waals surface area contributed by atoms with Crippen LogP contribution < -0.4 is 4.72 Å². The third-order valence-corrected chi connectivity index (χ3v) is 4.38. The lowest BCUT2D eigenvalue weighted by molar-refractivity contribution is 0.270. The van der Waals surface area contributed by atoms with Crippen LogP contribution >= 0.6 is 0 Å². The van der Waals surface area contributed by atoms with Crippen molar-refractivity contribution in [2.24, 2.45) is 5.92 Å². The van der Waals surface area contributed by atoms with Crippen LogP contribution in [0.15, 0.2) is 29.2 Å². The molecule has 5 heteroatoms. The van der Waals surface area contributed by atoms with Crippen LogP contribution in [0, 0.1) is 11.7 Å². The average molecular weight is 243 g/mol. The Morgan fingerprint density at radius 1 is 1.31 bits per heavy atom. The first-order valence-electron chi connectivity index (χ1n) is 5.26. The Bertz CT molecular complexity index is 481. The molecule has 1 N–H and O–H groups in total. The van der Waals surface area contributed by atoms with Gasteiger partial charge in [0.25, 0.3) is 0 Å². The summed E-state index contributed by atoms with van der Waals surface area (Å²) in [7, 11) is -3.70. The van der Waals surface area contributed by atoms with Gasteiger partial charge in [0.15, 0.2) is 0 Å². The van der Waals surface area contributed by atoms with Crippen LogP contribution in [-0.4, -0.2) is 14.5 Å². The van der Waals surface area contributed by atoms with Gasteiger partial charge in [0.2, 0.25) is 10.0 Å². The molecule has 2 rings (SSSR count). The molecular formula is C11H14FNO2S. The van der Waals surface area contributed by atoms with Crippen LogP contribution in [0.25, 0.3) is 0 Å². The highest BCUT2D eigenvalue weighted by Gasteiger charge is 2.30. The van der Waals surface area contributed by atoms with E-state index < -0.39 is 15.8 Å². The number of halogens is 1. The molecule has 0 bridgehead atoms. The van der Waals surface area contributed by atoms with Crippen LogP contribution in [0.2, 0.25) is 0 Å². The molecule has 16 heavy (non-hydrogen) atoms. The number of benzene rings is 1. The van der Waals surface area contributed by atoms with Crippen molar-refractivity contribution in [3.8, 4) is 0 Å². The summed E-state index contributed by atoms with van der Waals surface area (Å²) < 4.78 is 39.5. The summed E-state index contributed by atoms with van der Waals surface area (Å²) in [6.45, 7) is 2.06. The maximum Gasteiger partial charge on any atom is 0.243 e. The lowest BCUT2D eigenvalue weighted by atomic mass is 9.83. The van der Waals surface area contributed by atoms with Crippen molar-refractivity contribution in [3.63, 3.8) is 0 Å². The van der Waals surface area contributed by atoms with E-state index >= 15 is 0 Å². The molecule has 0 radical (unpaired) electrons. The molecule has 0 amide bonds. The van der Waals surface area contributed by atoms with Crippen molar-refractivity contribution in [1.82, 2.24) is 4.72 Å². The Kier molecular flexibility index (Phi) is 2.99. The standard InChI is InChI=1S/C11H14FNO2S/c1-8-6-9(7-8)13-16(14,15)11-5-3-2-4-10(11)12/h2-5,8-9,13H,6-7H2,1H3. The highest BCUT2D eigenvalue weighted by Crippen LogP contribution is 2.28. The molecular weight excluding hydrogens is 229 g/mol. The molecule has 3 nitrogen and oxygen atoms in total. The van der Waals surface area contributed by atoms with Crippen molar-refractivity contribution in [1.29, 1.82) is 0 Å². The smallest absolute Gasteiger partial charge is 0.208 e. The fraction of sp³-hybridized carbons (Fsp3) is 0.455. The van der Waals surface area contributed by atoms with E-state index in [1.807, 2.05) is 0 Å². The van der Waals surface area contributed by atoms with E-state index in [-0.39, 0.29) is 10.9 Å². The molecule has 1 aliphatic carbocycles. The van der Waals surface area contributed by atoms with Gasteiger partial charge in [0.05, 0.1) is 0 Å². The first kappa shape index (κ1) is 11.5. The van der Waals surface area contributed by atoms with Crippen molar-refractivity contribution in [2.45, 2.75) is 30.7 Å². The Morgan fingerprint density at radius 2 is 1.94 bits per heavy atom. The molecule has 0 spiro atoms. The molecule has 88 valence electrons. The summed E-state index contributed by atoms with van der Waals surface area (Å²) in [5.41, 5.74) is 0. The molecule has 0 saturated heterocycles. The zero-order valence-corrected chi connectivity index (χ0v) is 9.80. The minimum atomic E-state index is -3.70. The molecule has 0 atom stereocenters. The maximum absolute atomic E-state index is 13.3. The molecule has 0 aliphatic heterocycles. The predicted octanol–water partition coefficient (Wildman–Crippen LogP) is 1.90. The Labute approximate surface area is 94.7 Å². The van der Waals surface area contributed by atoms with Gasteiger partial charge in [0, 0.05) is 6.04 Å². The first-order valence-corrected chi connectivity index (χ1v) is 6.74. The summed E-state index contributed by atoms with van der Waals surface area (Å²) in [5.74, 6) is -0.157. The summed E-state index contributed by atoms with van der Waals surface area (Å²) in [6, 6.07) is 5.37. The molecule has 1 aromatic rings. The van der Waals surface area contributed by atoms with Crippen molar-refractivity contribution >= 4 is 10.0 Å². The first-order chi connectivity index (χ1) is 7.49. The van der Waals surface area contributed by atoms with Gasteiger partial charge >= 0.3 is 0 Å². The highest BCUT2D eigenvalue weighted by molar-refractivity contribution is 7.89. The van der Waals surface area contributed by atoms with Gasteiger partial charge in [-0.05, 0) is 30.9 Å². The molecule has 1 aliphatic rings. The second-order valence-corrected chi connectivity index (χ2v) is 6.01. The second kappa shape index (κ2) is 4.14. The number of rotatable bonds is 3. The van der Waals surface area contributed by atoms with Gasteiger partial charge in [-0.1, -0.05) is 19.1 Å². The van der Waals surface area contributed by atoms with E-state index in [0.29, 0.717) is 5.92 Å². The summed E-state index contributed by atoms with van der Waals surface area (Å²) in [6.07, 6.45) is 1.65. The Hall–Kier alpha value is -0.940. The number of hydrogen-bond donors (Lipinski definition) is 1.